The Bertz CT molecular complexity index is 750. The van der Waals surface area contributed by atoms with Gasteiger partial charge in [-0.3, -0.25) is 4.79 Å². The van der Waals surface area contributed by atoms with Crippen molar-refractivity contribution in [3.05, 3.63) is 58.6 Å². The summed E-state index contributed by atoms with van der Waals surface area (Å²) in [6.07, 6.45) is 0. The molecule has 0 radical (unpaired) electrons. The largest absolute Gasteiger partial charge is 0.497 e. The molecule has 0 fully saturated rings. The second-order valence-electron chi connectivity index (χ2n) is 5.43. The summed E-state index contributed by atoms with van der Waals surface area (Å²) < 4.78 is 10.8. The summed E-state index contributed by atoms with van der Waals surface area (Å²) in [5, 5.41) is 10.2. The zero-order chi connectivity index (χ0) is 17.1. The quantitative estimate of drug-likeness (QED) is 0.927. The average molecular weight is 348 g/mol. The van der Waals surface area contributed by atoms with E-state index in [1.54, 1.807) is 23.1 Å². The first kappa shape index (κ1) is 16.6. The fourth-order valence-electron chi connectivity index (χ4n) is 2.86. The smallest absolute Gasteiger partial charge is 0.256 e. The molecule has 3 rings (SSSR count). The van der Waals surface area contributed by atoms with Crippen LogP contribution in [0, 0.1) is 0 Å². The minimum absolute atomic E-state index is 0.195. The maximum absolute atomic E-state index is 13.0. The molecule has 0 saturated heterocycles. The van der Waals surface area contributed by atoms with E-state index in [-0.39, 0.29) is 12.5 Å². The third-order valence-electron chi connectivity index (χ3n) is 4.08. The van der Waals surface area contributed by atoms with Gasteiger partial charge in [0.25, 0.3) is 5.91 Å². The maximum atomic E-state index is 13.0. The molecular weight excluding hydrogens is 330 g/mol. The molecule has 1 amide bonds. The van der Waals surface area contributed by atoms with Gasteiger partial charge >= 0.3 is 0 Å². The van der Waals surface area contributed by atoms with E-state index >= 15 is 0 Å². The van der Waals surface area contributed by atoms with Crippen LogP contribution in [0.1, 0.15) is 22.0 Å². The van der Waals surface area contributed by atoms with E-state index in [1.807, 2.05) is 24.3 Å². The highest BCUT2D eigenvalue weighted by Crippen LogP contribution is 2.33. The zero-order valence-electron chi connectivity index (χ0n) is 13.2. The number of fused-ring (bicyclic) bond motifs is 1. The lowest BCUT2D eigenvalue weighted by Gasteiger charge is -2.29. The van der Waals surface area contributed by atoms with Crippen molar-refractivity contribution >= 4 is 17.5 Å². The van der Waals surface area contributed by atoms with Gasteiger partial charge in [-0.2, -0.15) is 0 Å². The molecule has 1 atom stereocenters. The maximum Gasteiger partial charge on any atom is 0.256 e. The number of amides is 1. The van der Waals surface area contributed by atoms with Crippen molar-refractivity contribution in [3.63, 3.8) is 0 Å². The molecule has 1 N–H and O–H groups in total. The topological polar surface area (TPSA) is 59.0 Å². The van der Waals surface area contributed by atoms with Crippen LogP contribution in [-0.2, 0) is 0 Å². The zero-order valence-corrected chi connectivity index (χ0v) is 14.0. The number of methoxy groups -OCH3 is 1. The van der Waals surface area contributed by atoms with Crippen molar-refractivity contribution in [2.75, 3.05) is 26.9 Å². The van der Waals surface area contributed by atoms with Crippen molar-refractivity contribution in [1.29, 1.82) is 0 Å². The standard InChI is InChI=1S/C18H18ClNO4/c1-23-12-6-7-13(15(19)10-12)18(22)20-8-9-24-17-5-3-2-4-14(17)16(20)11-21/h2-7,10,16,21H,8-9,11H2,1H3. The Morgan fingerprint density at radius 3 is 2.88 bits per heavy atom. The first-order chi connectivity index (χ1) is 11.7. The number of hydrogen-bond donors (Lipinski definition) is 1. The third-order valence-corrected chi connectivity index (χ3v) is 4.40. The molecule has 2 aromatic rings. The Balaban J connectivity index is 1.97. The summed E-state index contributed by atoms with van der Waals surface area (Å²) in [5.41, 5.74) is 1.16. The molecule has 0 bridgehead atoms. The lowest BCUT2D eigenvalue weighted by molar-refractivity contribution is 0.0585. The van der Waals surface area contributed by atoms with Gasteiger partial charge in [0.1, 0.15) is 18.1 Å². The van der Waals surface area contributed by atoms with Gasteiger partial charge in [0.15, 0.2) is 0 Å². The second-order valence-corrected chi connectivity index (χ2v) is 5.84. The molecule has 1 heterocycles. The number of aliphatic hydroxyl groups excluding tert-OH is 1. The number of nitrogens with zero attached hydrogens (tertiary/aromatic N) is 1. The lowest BCUT2D eigenvalue weighted by atomic mass is 10.0. The lowest BCUT2D eigenvalue weighted by Crippen LogP contribution is -2.38. The number of para-hydroxylation sites is 1. The molecule has 2 aromatic carbocycles. The van der Waals surface area contributed by atoms with Crippen molar-refractivity contribution in [2.45, 2.75) is 6.04 Å². The molecule has 1 aliphatic rings. The van der Waals surface area contributed by atoms with Crippen LogP contribution in [-0.4, -0.2) is 42.8 Å². The van der Waals surface area contributed by atoms with Gasteiger partial charge in [0, 0.05) is 5.56 Å². The highest BCUT2D eigenvalue weighted by molar-refractivity contribution is 6.34. The minimum atomic E-state index is -0.477. The van der Waals surface area contributed by atoms with Crippen LogP contribution in [0.25, 0.3) is 0 Å². The number of hydrogen-bond acceptors (Lipinski definition) is 4. The van der Waals surface area contributed by atoms with Crippen LogP contribution in [0.5, 0.6) is 11.5 Å². The van der Waals surface area contributed by atoms with E-state index in [4.69, 9.17) is 21.1 Å². The molecule has 0 saturated carbocycles. The van der Waals surface area contributed by atoms with Gasteiger partial charge in [0.05, 0.1) is 36.9 Å². The fraction of sp³-hybridized carbons (Fsp3) is 0.278. The van der Waals surface area contributed by atoms with Crippen LogP contribution in [0.15, 0.2) is 42.5 Å². The molecule has 6 heteroatoms. The summed E-state index contributed by atoms with van der Waals surface area (Å²) in [5.74, 6) is 1.02. The van der Waals surface area contributed by atoms with E-state index in [0.717, 1.165) is 5.56 Å². The number of benzene rings is 2. The number of carbonyl (C=O) groups excluding carboxylic acids is 1. The van der Waals surface area contributed by atoms with Gasteiger partial charge < -0.3 is 19.5 Å². The Labute approximate surface area is 145 Å². The van der Waals surface area contributed by atoms with Crippen molar-refractivity contribution in [1.82, 2.24) is 4.90 Å². The summed E-state index contributed by atoms with van der Waals surface area (Å²) in [6.45, 7) is 0.522. The molecule has 5 nitrogen and oxygen atoms in total. The van der Waals surface area contributed by atoms with Crippen LogP contribution in [0.4, 0.5) is 0 Å². The number of carbonyl (C=O) groups is 1. The van der Waals surface area contributed by atoms with Crippen molar-refractivity contribution < 1.29 is 19.4 Å². The Morgan fingerprint density at radius 2 is 2.17 bits per heavy atom. The van der Waals surface area contributed by atoms with Gasteiger partial charge in [0.2, 0.25) is 0 Å². The fourth-order valence-corrected chi connectivity index (χ4v) is 3.11. The number of rotatable bonds is 3. The highest BCUT2D eigenvalue weighted by atomic mass is 35.5. The molecule has 126 valence electrons. The van der Waals surface area contributed by atoms with Gasteiger partial charge in [-0.1, -0.05) is 29.8 Å². The number of ether oxygens (including phenoxy) is 2. The van der Waals surface area contributed by atoms with Gasteiger partial charge in [-0.25, -0.2) is 0 Å². The first-order valence-corrected chi connectivity index (χ1v) is 8.00. The molecule has 24 heavy (non-hydrogen) atoms. The first-order valence-electron chi connectivity index (χ1n) is 7.62. The van der Waals surface area contributed by atoms with Crippen molar-refractivity contribution in [2.24, 2.45) is 0 Å². The molecular formula is C18H18ClNO4. The predicted octanol–water partition coefficient (Wildman–Crippen LogP) is 2.92. The highest BCUT2D eigenvalue weighted by Gasteiger charge is 2.31. The van der Waals surface area contributed by atoms with Crippen LogP contribution >= 0.6 is 11.6 Å². The summed E-state index contributed by atoms with van der Waals surface area (Å²) in [6, 6.07) is 11.9. The van der Waals surface area contributed by atoms with E-state index in [1.165, 1.54) is 7.11 Å². The SMILES string of the molecule is COc1ccc(C(=O)N2CCOc3ccccc3C2CO)c(Cl)c1. The van der Waals surface area contributed by atoms with Crippen LogP contribution in [0.2, 0.25) is 5.02 Å². The van der Waals surface area contributed by atoms with E-state index in [2.05, 4.69) is 0 Å². The normalized spacial score (nSPS) is 16.8. The average Bonchev–Trinajstić information content (AvgIpc) is 2.80. The van der Waals surface area contributed by atoms with Gasteiger partial charge in [-0.05, 0) is 24.3 Å². The summed E-state index contributed by atoms with van der Waals surface area (Å²) >= 11 is 6.23. The third kappa shape index (κ3) is 3.05. The van der Waals surface area contributed by atoms with E-state index < -0.39 is 6.04 Å². The van der Waals surface area contributed by atoms with E-state index in [9.17, 15) is 9.90 Å². The molecule has 0 aliphatic carbocycles. The Morgan fingerprint density at radius 1 is 1.38 bits per heavy atom. The summed E-state index contributed by atoms with van der Waals surface area (Å²) in [4.78, 5) is 14.6. The monoisotopic (exact) mass is 347 g/mol. The molecule has 0 aromatic heterocycles. The predicted molar refractivity (Wildman–Crippen MR) is 90.8 cm³/mol. The second kappa shape index (κ2) is 7.11. The van der Waals surface area contributed by atoms with Crippen LogP contribution < -0.4 is 9.47 Å². The summed E-state index contributed by atoms with van der Waals surface area (Å²) in [7, 11) is 1.54. The van der Waals surface area contributed by atoms with Gasteiger partial charge in [-0.15, -0.1) is 0 Å². The molecule has 1 unspecified atom stereocenters. The molecule has 0 spiro atoms. The minimum Gasteiger partial charge on any atom is -0.497 e. The molecule has 1 aliphatic heterocycles. The van der Waals surface area contributed by atoms with Crippen LogP contribution in [0.3, 0.4) is 0 Å². The Kier molecular flexibility index (Phi) is 4.92. The Hall–Kier alpha value is -2.24. The van der Waals surface area contributed by atoms with Crippen molar-refractivity contribution in [3.8, 4) is 11.5 Å². The number of halogens is 1. The van der Waals surface area contributed by atoms with E-state index in [0.29, 0.717) is 35.2 Å². The number of aliphatic hydroxyl groups is 1.